The van der Waals surface area contributed by atoms with Crippen LogP contribution < -0.4 is 14.8 Å². The second-order valence-electron chi connectivity index (χ2n) is 5.58. The summed E-state index contributed by atoms with van der Waals surface area (Å²) in [5.41, 5.74) is 2.12. The molecule has 110 valence electrons. The van der Waals surface area contributed by atoms with Gasteiger partial charge in [0, 0.05) is 24.4 Å². The van der Waals surface area contributed by atoms with Crippen LogP contribution in [0.1, 0.15) is 24.6 Å². The SMILES string of the molecule is c1cc2c(cc1-c1cnc(C3CCNC3)[nH]1)OCCCO2. The van der Waals surface area contributed by atoms with E-state index in [2.05, 4.69) is 21.4 Å². The standard InChI is InChI=1S/C16H19N3O2/c1-6-20-14-3-2-11(8-15(14)21-7-1)13-10-18-16(19-13)12-4-5-17-9-12/h2-3,8,10,12,17H,1,4-7,9H2,(H,18,19). The lowest BCUT2D eigenvalue weighted by Crippen LogP contribution is -2.08. The number of hydrogen-bond acceptors (Lipinski definition) is 4. The van der Waals surface area contributed by atoms with Crippen LogP contribution in [0.15, 0.2) is 24.4 Å². The van der Waals surface area contributed by atoms with Crippen molar-refractivity contribution in [3.63, 3.8) is 0 Å². The minimum absolute atomic E-state index is 0.499. The lowest BCUT2D eigenvalue weighted by molar-refractivity contribution is 0.297. The van der Waals surface area contributed by atoms with Gasteiger partial charge in [0.1, 0.15) is 5.82 Å². The van der Waals surface area contributed by atoms with E-state index in [0.29, 0.717) is 12.5 Å². The number of H-pyrrole nitrogens is 1. The summed E-state index contributed by atoms with van der Waals surface area (Å²) in [4.78, 5) is 7.98. The van der Waals surface area contributed by atoms with Crippen molar-refractivity contribution in [2.75, 3.05) is 26.3 Å². The first kappa shape index (κ1) is 12.7. The number of ether oxygens (including phenoxy) is 2. The van der Waals surface area contributed by atoms with Crippen molar-refractivity contribution in [3.8, 4) is 22.8 Å². The van der Waals surface area contributed by atoms with Crippen LogP contribution in [0.2, 0.25) is 0 Å². The fraction of sp³-hybridized carbons (Fsp3) is 0.438. The summed E-state index contributed by atoms with van der Waals surface area (Å²) in [5, 5.41) is 3.37. The molecule has 1 unspecified atom stereocenters. The minimum atomic E-state index is 0.499. The predicted octanol–water partition coefficient (Wildman–Crippen LogP) is 2.31. The lowest BCUT2D eigenvalue weighted by Gasteiger charge is -2.08. The molecule has 21 heavy (non-hydrogen) atoms. The molecule has 5 heteroatoms. The van der Waals surface area contributed by atoms with Crippen LogP contribution in [0.3, 0.4) is 0 Å². The largest absolute Gasteiger partial charge is 0.490 e. The van der Waals surface area contributed by atoms with Gasteiger partial charge in [0.25, 0.3) is 0 Å². The number of rotatable bonds is 2. The molecule has 1 aromatic carbocycles. The first-order valence-electron chi connectivity index (χ1n) is 7.56. The minimum Gasteiger partial charge on any atom is -0.490 e. The van der Waals surface area contributed by atoms with Crippen molar-refractivity contribution in [1.29, 1.82) is 0 Å². The Balaban J connectivity index is 1.62. The number of nitrogens with one attached hydrogen (secondary N) is 2. The van der Waals surface area contributed by atoms with E-state index in [0.717, 1.165) is 61.1 Å². The Hall–Kier alpha value is -2.01. The fourth-order valence-corrected chi connectivity index (χ4v) is 2.91. The molecule has 3 heterocycles. The zero-order chi connectivity index (χ0) is 14.1. The summed E-state index contributed by atoms with van der Waals surface area (Å²) in [6.45, 7) is 3.51. The van der Waals surface area contributed by atoms with Crippen LogP contribution in [0.4, 0.5) is 0 Å². The monoisotopic (exact) mass is 285 g/mol. The number of aromatic nitrogens is 2. The van der Waals surface area contributed by atoms with Crippen molar-refractivity contribution >= 4 is 0 Å². The molecular weight excluding hydrogens is 266 g/mol. The molecule has 1 fully saturated rings. The van der Waals surface area contributed by atoms with Gasteiger partial charge in [-0.15, -0.1) is 0 Å². The van der Waals surface area contributed by atoms with Gasteiger partial charge in [0.2, 0.25) is 0 Å². The van der Waals surface area contributed by atoms with Gasteiger partial charge in [-0.1, -0.05) is 0 Å². The quantitative estimate of drug-likeness (QED) is 0.889. The third-order valence-electron chi connectivity index (χ3n) is 4.10. The summed E-state index contributed by atoms with van der Waals surface area (Å²) < 4.78 is 11.4. The average Bonchev–Trinajstić information content (AvgIpc) is 3.14. The molecule has 0 radical (unpaired) electrons. The Morgan fingerprint density at radius 3 is 2.90 bits per heavy atom. The van der Waals surface area contributed by atoms with E-state index in [9.17, 15) is 0 Å². The van der Waals surface area contributed by atoms with Crippen molar-refractivity contribution in [2.24, 2.45) is 0 Å². The Bertz CT molecular complexity index is 632. The van der Waals surface area contributed by atoms with Crippen molar-refractivity contribution in [1.82, 2.24) is 15.3 Å². The first-order valence-corrected chi connectivity index (χ1v) is 7.56. The fourth-order valence-electron chi connectivity index (χ4n) is 2.91. The zero-order valence-electron chi connectivity index (χ0n) is 11.9. The molecule has 2 N–H and O–H groups in total. The Morgan fingerprint density at radius 2 is 2.05 bits per heavy atom. The molecule has 0 amide bonds. The Morgan fingerprint density at radius 1 is 1.14 bits per heavy atom. The smallest absolute Gasteiger partial charge is 0.161 e. The zero-order valence-corrected chi connectivity index (χ0v) is 11.9. The topological polar surface area (TPSA) is 59.2 Å². The van der Waals surface area contributed by atoms with Gasteiger partial charge in [-0.2, -0.15) is 0 Å². The summed E-state index contributed by atoms with van der Waals surface area (Å²) in [5.74, 6) is 3.22. The second kappa shape index (κ2) is 5.41. The maximum Gasteiger partial charge on any atom is 0.161 e. The molecule has 2 aliphatic heterocycles. The number of hydrogen-bond donors (Lipinski definition) is 2. The van der Waals surface area contributed by atoms with E-state index < -0.39 is 0 Å². The van der Waals surface area contributed by atoms with Crippen LogP contribution in [0.5, 0.6) is 11.5 Å². The molecule has 1 saturated heterocycles. The Labute approximate surface area is 123 Å². The van der Waals surface area contributed by atoms with E-state index in [1.165, 1.54) is 0 Å². The summed E-state index contributed by atoms with van der Waals surface area (Å²) in [6.07, 6.45) is 3.98. The number of fused-ring (bicyclic) bond motifs is 1. The molecule has 0 aliphatic carbocycles. The van der Waals surface area contributed by atoms with Gasteiger partial charge < -0.3 is 19.8 Å². The number of nitrogens with zero attached hydrogens (tertiary/aromatic N) is 1. The van der Waals surface area contributed by atoms with Crippen molar-refractivity contribution in [3.05, 3.63) is 30.2 Å². The van der Waals surface area contributed by atoms with Crippen molar-refractivity contribution in [2.45, 2.75) is 18.8 Å². The number of aromatic amines is 1. The highest BCUT2D eigenvalue weighted by Crippen LogP contribution is 2.34. The van der Waals surface area contributed by atoms with Crippen molar-refractivity contribution < 1.29 is 9.47 Å². The third kappa shape index (κ3) is 2.49. The molecular formula is C16H19N3O2. The predicted molar refractivity (Wildman–Crippen MR) is 79.9 cm³/mol. The molecule has 1 atom stereocenters. The normalized spacial score (nSPS) is 21.2. The van der Waals surface area contributed by atoms with E-state index in [1.807, 2.05) is 18.3 Å². The van der Waals surface area contributed by atoms with Gasteiger partial charge in [-0.05, 0) is 31.2 Å². The summed E-state index contributed by atoms with van der Waals surface area (Å²) in [7, 11) is 0. The highest BCUT2D eigenvalue weighted by molar-refractivity contribution is 5.63. The highest BCUT2D eigenvalue weighted by atomic mass is 16.5. The molecule has 2 aliphatic rings. The van der Waals surface area contributed by atoms with Crippen LogP contribution in [0, 0.1) is 0 Å². The summed E-state index contributed by atoms with van der Waals surface area (Å²) >= 11 is 0. The highest BCUT2D eigenvalue weighted by Gasteiger charge is 2.20. The van der Waals surface area contributed by atoms with Crippen LogP contribution >= 0.6 is 0 Å². The molecule has 0 spiro atoms. The Kier molecular flexibility index (Phi) is 3.27. The number of imidazole rings is 1. The lowest BCUT2D eigenvalue weighted by atomic mass is 10.1. The molecule has 0 saturated carbocycles. The maximum atomic E-state index is 5.75. The van der Waals surface area contributed by atoms with Gasteiger partial charge in [0.05, 0.1) is 25.1 Å². The average molecular weight is 285 g/mol. The molecule has 0 bridgehead atoms. The number of benzene rings is 1. The van der Waals surface area contributed by atoms with E-state index in [4.69, 9.17) is 9.47 Å². The molecule has 2 aromatic rings. The van der Waals surface area contributed by atoms with Gasteiger partial charge in [-0.25, -0.2) is 4.98 Å². The molecule has 5 nitrogen and oxygen atoms in total. The van der Waals surface area contributed by atoms with E-state index >= 15 is 0 Å². The second-order valence-corrected chi connectivity index (χ2v) is 5.58. The maximum absolute atomic E-state index is 5.75. The molecule has 1 aromatic heterocycles. The van der Waals surface area contributed by atoms with E-state index in [-0.39, 0.29) is 0 Å². The van der Waals surface area contributed by atoms with Gasteiger partial charge in [-0.3, -0.25) is 0 Å². The third-order valence-corrected chi connectivity index (χ3v) is 4.10. The van der Waals surface area contributed by atoms with E-state index in [1.54, 1.807) is 0 Å². The van der Waals surface area contributed by atoms with Gasteiger partial charge in [0.15, 0.2) is 11.5 Å². The van der Waals surface area contributed by atoms with Crippen LogP contribution in [-0.2, 0) is 0 Å². The van der Waals surface area contributed by atoms with Crippen LogP contribution in [0.25, 0.3) is 11.3 Å². The van der Waals surface area contributed by atoms with Crippen LogP contribution in [-0.4, -0.2) is 36.3 Å². The van der Waals surface area contributed by atoms with Gasteiger partial charge >= 0.3 is 0 Å². The molecule has 4 rings (SSSR count). The summed E-state index contributed by atoms with van der Waals surface area (Å²) in [6, 6.07) is 6.07. The first-order chi connectivity index (χ1) is 10.4.